The van der Waals surface area contributed by atoms with Crippen LogP contribution in [-0.2, 0) is 0 Å². The third-order valence-electron chi connectivity index (χ3n) is 1.35. The molecule has 2 aliphatic heterocycles. The van der Waals surface area contributed by atoms with Gasteiger partial charge in [0.15, 0.2) is 0 Å². The van der Waals surface area contributed by atoms with E-state index in [2.05, 4.69) is 10.3 Å². The molecule has 0 aliphatic carbocycles. The van der Waals surface area contributed by atoms with Gasteiger partial charge in [-0.1, -0.05) is 0 Å². The van der Waals surface area contributed by atoms with Crippen LogP contribution in [0.15, 0.2) is 28.5 Å². The van der Waals surface area contributed by atoms with Gasteiger partial charge in [0, 0.05) is 19.0 Å². The summed E-state index contributed by atoms with van der Waals surface area (Å²) in [7, 11) is 0. The number of fused-ring (bicyclic) bond motifs is 1. The first-order chi connectivity index (χ1) is 3.97. The molecule has 40 valence electrons. The minimum absolute atomic E-state index is 0.954. The van der Waals surface area contributed by atoms with Crippen molar-refractivity contribution in [2.24, 2.45) is 4.99 Å². The van der Waals surface area contributed by atoms with E-state index in [1.807, 2.05) is 18.5 Å². The summed E-state index contributed by atoms with van der Waals surface area (Å²) >= 11 is 0. The zero-order chi connectivity index (χ0) is 5.40. The Morgan fingerprint density at radius 3 is 3.50 bits per heavy atom. The van der Waals surface area contributed by atoms with E-state index in [0.29, 0.717) is 0 Å². The molecule has 0 atom stereocenters. The monoisotopic (exact) mass is 106 g/mol. The number of rotatable bonds is 0. The molecule has 0 aromatic carbocycles. The van der Waals surface area contributed by atoms with Gasteiger partial charge in [-0.15, -0.1) is 0 Å². The summed E-state index contributed by atoms with van der Waals surface area (Å²) in [6.07, 6.45) is 5.81. The van der Waals surface area contributed by atoms with E-state index in [-0.39, 0.29) is 0 Å². The van der Waals surface area contributed by atoms with Crippen LogP contribution >= 0.6 is 0 Å². The summed E-state index contributed by atoms with van der Waals surface area (Å²) in [6, 6.07) is 0. The number of nitrogens with one attached hydrogen (secondary N) is 1. The van der Waals surface area contributed by atoms with E-state index in [0.717, 1.165) is 12.2 Å². The van der Waals surface area contributed by atoms with Crippen LogP contribution in [-0.4, -0.2) is 12.8 Å². The highest BCUT2D eigenvalue weighted by Crippen LogP contribution is 2.17. The van der Waals surface area contributed by atoms with E-state index in [9.17, 15) is 0 Å². The molecule has 0 aromatic rings. The molecule has 0 spiro atoms. The number of hydrogen-bond donors (Lipinski definition) is 1. The zero-order valence-corrected chi connectivity index (χ0v) is 4.39. The highest BCUT2D eigenvalue weighted by Gasteiger charge is 2.11. The third-order valence-corrected chi connectivity index (χ3v) is 1.35. The normalized spacial score (nSPS) is 22.0. The summed E-state index contributed by atoms with van der Waals surface area (Å²) in [6.45, 7) is 0.954. The molecule has 1 N–H and O–H groups in total. The van der Waals surface area contributed by atoms with E-state index in [1.165, 1.54) is 5.57 Å². The standard InChI is InChI=1S/C6H6N2/c1-2-8-6-4-7-3-5(1)6/h1-2,4,7H,3H2. The van der Waals surface area contributed by atoms with Gasteiger partial charge in [0.05, 0.1) is 5.70 Å². The second-order valence-corrected chi connectivity index (χ2v) is 1.88. The second-order valence-electron chi connectivity index (χ2n) is 1.88. The van der Waals surface area contributed by atoms with Gasteiger partial charge in [0.25, 0.3) is 0 Å². The van der Waals surface area contributed by atoms with E-state index >= 15 is 0 Å². The van der Waals surface area contributed by atoms with Crippen LogP contribution in [0.2, 0.25) is 0 Å². The SMILES string of the molecule is C1=NC2=CNCC2=C1. The van der Waals surface area contributed by atoms with Gasteiger partial charge in [-0.3, -0.25) is 4.99 Å². The molecule has 0 radical (unpaired) electrons. The van der Waals surface area contributed by atoms with Gasteiger partial charge in [0.1, 0.15) is 0 Å². The van der Waals surface area contributed by atoms with Gasteiger partial charge in [0.2, 0.25) is 0 Å². The highest BCUT2D eigenvalue weighted by molar-refractivity contribution is 5.80. The van der Waals surface area contributed by atoms with Crippen molar-refractivity contribution < 1.29 is 0 Å². The van der Waals surface area contributed by atoms with Crippen LogP contribution in [0.4, 0.5) is 0 Å². The summed E-state index contributed by atoms with van der Waals surface area (Å²) in [5.41, 5.74) is 2.41. The summed E-state index contributed by atoms with van der Waals surface area (Å²) in [5, 5.41) is 3.08. The van der Waals surface area contributed by atoms with Gasteiger partial charge in [-0.25, -0.2) is 0 Å². The molecule has 0 bridgehead atoms. The van der Waals surface area contributed by atoms with Crippen LogP contribution in [0.25, 0.3) is 0 Å². The van der Waals surface area contributed by atoms with Crippen LogP contribution < -0.4 is 5.32 Å². The molecule has 0 saturated heterocycles. The molecule has 0 unspecified atom stereocenters. The number of nitrogens with zero attached hydrogens (tertiary/aromatic N) is 1. The van der Waals surface area contributed by atoms with Crippen molar-refractivity contribution in [3.8, 4) is 0 Å². The maximum absolute atomic E-state index is 4.08. The highest BCUT2D eigenvalue weighted by atomic mass is 14.9. The Labute approximate surface area is 47.6 Å². The lowest BCUT2D eigenvalue weighted by Gasteiger charge is -1.86. The molecule has 0 amide bonds. The molecule has 2 heterocycles. The quantitative estimate of drug-likeness (QED) is 0.476. The number of aliphatic imine (C=N–C) groups is 1. The average molecular weight is 106 g/mol. The Hall–Kier alpha value is -1.05. The lowest BCUT2D eigenvalue weighted by molar-refractivity contribution is 1.01. The molecule has 2 rings (SSSR count). The molecular weight excluding hydrogens is 100 g/mol. The maximum atomic E-state index is 4.08. The topological polar surface area (TPSA) is 24.4 Å². The molecule has 0 aromatic heterocycles. The predicted molar refractivity (Wildman–Crippen MR) is 32.7 cm³/mol. The fourth-order valence-corrected chi connectivity index (χ4v) is 0.913. The molecule has 0 fully saturated rings. The van der Waals surface area contributed by atoms with Crippen molar-refractivity contribution in [1.29, 1.82) is 0 Å². The van der Waals surface area contributed by atoms with Crippen molar-refractivity contribution in [3.05, 3.63) is 23.5 Å². The minimum atomic E-state index is 0.954. The largest absolute Gasteiger partial charge is 0.385 e. The van der Waals surface area contributed by atoms with Crippen LogP contribution in [0.1, 0.15) is 0 Å². The van der Waals surface area contributed by atoms with Crippen molar-refractivity contribution in [3.63, 3.8) is 0 Å². The predicted octanol–water partition coefficient (Wildman–Crippen LogP) is 0.442. The van der Waals surface area contributed by atoms with Crippen molar-refractivity contribution >= 4 is 6.21 Å². The molecule has 8 heavy (non-hydrogen) atoms. The fourth-order valence-electron chi connectivity index (χ4n) is 0.913. The molecule has 2 nitrogen and oxygen atoms in total. The maximum Gasteiger partial charge on any atom is 0.0836 e. The smallest absolute Gasteiger partial charge is 0.0836 e. The third kappa shape index (κ3) is 0.346. The fraction of sp³-hybridized carbons (Fsp3) is 0.167. The van der Waals surface area contributed by atoms with Gasteiger partial charge in [-0.2, -0.15) is 0 Å². The van der Waals surface area contributed by atoms with Crippen molar-refractivity contribution in [2.45, 2.75) is 0 Å². The van der Waals surface area contributed by atoms with Crippen molar-refractivity contribution in [1.82, 2.24) is 5.32 Å². The summed E-state index contributed by atoms with van der Waals surface area (Å²) in [4.78, 5) is 4.08. The molecule has 0 saturated carbocycles. The Bertz CT molecular complexity index is 199. The first kappa shape index (κ1) is 3.89. The summed E-state index contributed by atoms with van der Waals surface area (Å²) < 4.78 is 0. The van der Waals surface area contributed by atoms with Crippen molar-refractivity contribution in [2.75, 3.05) is 6.54 Å². The Kier molecular flexibility index (Phi) is 0.592. The van der Waals surface area contributed by atoms with Crippen LogP contribution in [0.5, 0.6) is 0 Å². The van der Waals surface area contributed by atoms with E-state index in [4.69, 9.17) is 0 Å². The number of allylic oxidation sites excluding steroid dienone is 1. The van der Waals surface area contributed by atoms with Gasteiger partial charge < -0.3 is 5.32 Å². The average Bonchev–Trinajstić information content (AvgIpc) is 2.15. The molecule has 2 aliphatic rings. The Balaban J connectivity index is 2.49. The second kappa shape index (κ2) is 1.22. The molecule has 2 heteroatoms. The van der Waals surface area contributed by atoms with Crippen LogP contribution in [0, 0.1) is 0 Å². The van der Waals surface area contributed by atoms with Gasteiger partial charge >= 0.3 is 0 Å². The first-order valence-electron chi connectivity index (χ1n) is 2.64. The number of hydrogen-bond acceptors (Lipinski definition) is 2. The summed E-state index contributed by atoms with van der Waals surface area (Å²) in [5.74, 6) is 0. The lowest BCUT2D eigenvalue weighted by Crippen LogP contribution is -1.99. The Morgan fingerprint density at radius 2 is 2.62 bits per heavy atom. The zero-order valence-electron chi connectivity index (χ0n) is 4.39. The van der Waals surface area contributed by atoms with Crippen LogP contribution in [0.3, 0.4) is 0 Å². The first-order valence-corrected chi connectivity index (χ1v) is 2.64. The Morgan fingerprint density at radius 1 is 1.62 bits per heavy atom. The van der Waals surface area contributed by atoms with Gasteiger partial charge in [-0.05, 0) is 11.6 Å². The van der Waals surface area contributed by atoms with E-state index in [1.54, 1.807) is 0 Å². The minimum Gasteiger partial charge on any atom is -0.385 e. The van der Waals surface area contributed by atoms with E-state index < -0.39 is 0 Å². The molecular formula is C6H6N2. The lowest BCUT2D eigenvalue weighted by atomic mass is 10.3.